The fourth-order valence-corrected chi connectivity index (χ4v) is 2.40. The van der Waals surface area contributed by atoms with Crippen LogP contribution in [0.4, 0.5) is 5.95 Å². The molecule has 1 heterocycles. The predicted molar refractivity (Wildman–Crippen MR) is 66.6 cm³/mol. The van der Waals surface area contributed by atoms with Gasteiger partial charge in [-0.3, -0.25) is 0 Å². The molecule has 0 unspecified atom stereocenters. The topological polar surface area (TPSA) is 37.8 Å². The van der Waals surface area contributed by atoms with E-state index in [9.17, 15) is 0 Å². The highest BCUT2D eigenvalue weighted by Crippen LogP contribution is 2.19. The Morgan fingerprint density at radius 2 is 1.56 bits per heavy atom. The zero-order valence-electron chi connectivity index (χ0n) is 10.3. The maximum absolute atomic E-state index is 4.44. The molecule has 3 nitrogen and oxygen atoms in total. The van der Waals surface area contributed by atoms with E-state index in [-0.39, 0.29) is 0 Å². The maximum atomic E-state index is 4.44. The lowest BCUT2D eigenvalue weighted by atomic mass is 10.1. The molecule has 1 fully saturated rings. The number of nitrogens with zero attached hydrogens (tertiary/aromatic N) is 2. The summed E-state index contributed by atoms with van der Waals surface area (Å²) >= 11 is 0. The summed E-state index contributed by atoms with van der Waals surface area (Å²) in [5.41, 5.74) is 2.09. The van der Waals surface area contributed by atoms with E-state index in [4.69, 9.17) is 0 Å². The molecule has 88 valence electrons. The van der Waals surface area contributed by atoms with Gasteiger partial charge in [0, 0.05) is 17.4 Å². The lowest BCUT2D eigenvalue weighted by Crippen LogP contribution is -2.20. The van der Waals surface area contributed by atoms with E-state index >= 15 is 0 Å². The lowest BCUT2D eigenvalue weighted by Gasteiger charge is -2.16. The molecule has 0 saturated heterocycles. The molecule has 1 saturated carbocycles. The van der Waals surface area contributed by atoms with Crippen LogP contribution in [0.5, 0.6) is 0 Å². The van der Waals surface area contributed by atoms with Crippen LogP contribution < -0.4 is 5.32 Å². The van der Waals surface area contributed by atoms with Crippen molar-refractivity contribution < 1.29 is 0 Å². The van der Waals surface area contributed by atoms with Gasteiger partial charge in [-0.2, -0.15) is 0 Å². The Morgan fingerprint density at radius 1 is 1.00 bits per heavy atom. The van der Waals surface area contributed by atoms with E-state index in [0.717, 1.165) is 17.3 Å². The first-order chi connectivity index (χ1) is 7.74. The van der Waals surface area contributed by atoms with Crippen LogP contribution in [0.3, 0.4) is 0 Å². The van der Waals surface area contributed by atoms with Crippen molar-refractivity contribution in [3.63, 3.8) is 0 Å². The molecule has 0 bridgehead atoms. The molecule has 1 N–H and O–H groups in total. The van der Waals surface area contributed by atoms with Crippen LogP contribution in [0, 0.1) is 13.8 Å². The summed E-state index contributed by atoms with van der Waals surface area (Å²) in [6, 6.07) is 2.59. The van der Waals surface area contributed by atoms with Crippen LogP contribution in [0.1, 0.15) is 49.9 Å². The monoisotopic (exact) mass is 219 g/mol. The Bertz CT molecular complexity index is 321. The average Bonchev–Trinajstić information content (AvgIpc) is 2.44. The van der Waals surface area contributed by atoms with Crippen molar-refractivity contribution in [2.45, 2.75) is 58.4 Å². The smallest absolute Gasteiger partial charge is 0.223 e. The molecule has 0 spiro atoms. The zero-order chi connectivity index (χ0) is 11.4. The quantitative estimate of drug-likeness (QED) is 0.776. The molecule has 0 amide bonds. The molecule has 0 aliphatic heterocycles. The first kappa shape index (κ1) is 11.4. The summed E-state index contributed by atoms with van der Waals surface area (Å²) in [4.78, 5) is 8.87. The number of nitrogens with one attached hydrogen (secondary N) is 1. The largest absolute Gasteiger partial charge is 0.351 e. The van der Waals surface area contributed by atoms with E-state index in [1.54, 1.807) is 0 Å². The first-order valence-corrected chi connectivity index (χ1v) is 6.33. The van der Waals surface area contributed by atoms with Gasteiger partial charge in [-0.1, -0.05) is 25.7 Å². The Morgan fingerprint density at radius 3 is 2.12 bits per heavy atom. The molecule has 0 radical (unpaired) electrons. The number of hydrogen-bond donors (Lipinski definition) is 1. The third kappa shape index (κ3) is 3.19. The van der Waals surface area contributed by atoms with E-state index in [0.29, 0.717) is 6.04 Å². The van der Waals surface area contributed by atoms with Crippen LogP contribution in [0.25, 0.3) is 0 Å². The van der Waals surface area contributed by atoms with Gasteiger partial charge in [-0.15, -0.1) is 0 Å². The van der Waals surface area contributed by atoms with Gasteiger partial charge in [0.25, 0.3) is 0 Å². The standard InChI is InChI=1S/C13H21N3/c1-10-9-11(2)15-13(14-10)16-12-7-5-3-4-6-8-12/h9,12H,3-8H2,1-2H3,(H,14,15,16). The van der Waals surface area contributed by atoms with Crippen molar-refractivity contribution in [3.05, 3.63) is 17.5 Å². The third-order valence-electron chi connectivity index (χ3n) is 3.17. The van der Waals surface area contributed by atoms with Gasteiger partial charge in [0.15, 0.2) is 0 Å². The van der Waals surface area contributed by atoms with Crippen molar-refractivity contribution in [2.75, 3.05) is 5.32 Å². The van der Waals surface area contributed by atoms with Crippen LogP contribution in [-0.4, -0.2) is 16.0 Å². The van der Waals surface area contributed by atoms with Gasteiger partial charge in [-0.05, 0) is 32.8 Å². The summed E-state index contributed by atoms with van der Waals surface area (Å²) in [6.45, 7) is 4.04. The second-order valence-electron chi connectivity index (χ2n) is 4.81. The van der Waals surface area contributed by atoms with Crippen molar-refractivity contribution in [3.8, 4) is 0 Å². The van der Waals surface area contributed by atoms with Gasteiger partial charge >= 0.3 is 0 Å². The highest BCUT2D eigenvalue weighted by molar-refractivity contribution is 5.29. The number of aryl methyl sites for hydroxylation is 2. The summed E-state index contributed by atoms with van der Waals surface area (Å²) in [7, 11) is 0. The molecule has 1 aliphatic rings. The summed E-state index contributed by atoms with van der Waals surface area (Å²) in [6.07, 6.45) is 7.95. The fourth-order valence-electron chi connectivity index (χ4n) is 2.40. The average molecular weight is 219 g/mol. The SMILES string of the molecule is Cc1cc(C)nc(NC2CCCCCC2)n1. The minimum absolute atomic E-state index is 0.573. The molecular formula is C13H21N3. The predicted octanol–water partition coefficient (Wildman–Crippen LogP) is 3.23. The van der Waals surface area contributed by atoms with E-state index < -0.39 is 0 Å². The molecule has 1 aliphatic carbocycles. The second-order valence-corrected chi connectivity index (χ2v) is 4.81. The van der Waals surface area contributed by atoms with Crippen molar-refractivity contribution in [1.82, 2.24) is 9.97 Å². The number of hydrogen-bond acceptors (Lipinski definition) is 3. The van der Waals surface area contributed by atoms with Crippen LogP contribution in [-0.2, 0) is 0 Å². The van der Waals surface area contributed by atoms with E-state index in [1.807, 2.05) is 19.9 Å². The molecule has 2 rings (SSSR count). The maximum Gasteiger partial charge on any atom is 0.223 e. The van der Waals surface area contributed by atoms with Crippen molar-refractivity contribution in [2.24, 2.45) is 0 Å². The summed E-state index contributed by atoms with van der Waals surface area (Å²) in [5.74, 6) is 0.810. The van der Waals surface area contributed by atoms with Gasteiger partial charge < -0.3 is 5.32 Å². The molecule has 1 aromatic heterocycles. The highest BCUT2D eigenvalue weighted by Gasteiger charge is 2.13. The first-order valence-electron chi connectivity index (χ1n) is 6.33. The van der Waals surface area contributed by atoms with E-state index in [1.165, 1.54) is 38.5 Å². The molecule has 0 atom stereocenters. The minimum Gasteiger partial charge on any atom is -0.351 e. The third-order valence-corrected chi connectivity index (χ3v) is 3.17. The number of anilines is 1. The van der Waals surface area contributed by atoms with Crippen LogP contribution in [0.15, 0.2) is 6.07 Å². The second kappa shape index (κ2) is 5.28. The Kier molecular flexibility index (Phi) is 3.75. The summed E-state index contributed by atoms with van der Waals surface area (Å²) in [5, 5.41) is 3.48. The van der Waals surface area contributed by atoms with Crippen molar-refractivity contribution >= 4 is 5.95 Å². The van der Waals surface area contributed by atoms with Crippen LogP contribution >= 0.6 is 0 Å². The minimum atomic E-state index is 0.573. The number of aromatic nitrogens is 2. The normalized spacial score (nSPS) is 18.1. The van der Waals surface area contributed by atoms with Gasteiger partial charge in [0.05, 0.1) is 0 Å². The van der Waals surface area contributed by atoms with Crippen LogP contribution in [0.2, 0.25) is 0 Å². The molecule has 3 heteroatoms. The Balaban J connectivity index is 2.01. The Hall–Kier alpha value is -1.12. The fraction of sp³-hybridized carbons (Fsp3) is 0.692. The Labute approximate surface area is 97.7 Å². The van der Waals surface area contributed by atoms with Gasteiger partial charge in [-0.25, -0.2) is 9.97 Å². The zero-order valence-corrected chi connectivity index (χ0v) is 10.3. The van der Waals surface area contributed by atoms with E-state index in [2.05, 4.69) is 15.3 Å². The van der Waals surface area contributed by atoms with Gasteiger partial charge in [0.2, 0.25) is 5.95 Å². The molecule has 16 heavy (non-hydrogen) atoms. The highest BCUT2D eigenvalue weighted by atomic mass is 15.1. The van der Waals surface area contributed by atoms with Crippen molar-refractivity contribution in [1.29, 1.82) is 0 Å². The molecule has 0 aromatic carbocycles. The lowest BCUT2D eigenvalue weighted by molar-refractivity contribution is 0.614. The summed E-state index contributed by atoms with van der Waals surface area (Å²) < 4.78 is 0. The van der Waals surface area contributed by atoms with Gasteiger partial charge in [0.1, 0.15) is 0 Å². The molecular weight excluding hydrogens is 198 g/mol. The molecule has 1 aromatic rings. The number of rotatable bonds is 2.